The second-order valence-corrected chi connectivity index (χ2v) is 7.05. The number of likely N-dealkylation sites (N-methyl/N-ethyl adjacent to an activating group) is 1. The van der Waals surface area contributed by atoms with Crippen LogP contribution >= 0.6 is 11.3 Å². The first-order chi connectivity index (χ1) is 13.5. The first-order valence-corrected chi connectivity index (χ1v) is 9.44. The van der Waals surface area contributed by atoms with Crippen LogP contribution in [0.1, 0.15) is 22.2 Å². The van der Waals surface area contributed by atoms with E-state index in [1.807, 2.05) is 30.3 Å². The zero-order valence-corrected chi connectivity index (χ0v) is 16.6. The molecule has 1 amide bonds. The summed E-state index contributed by atoms with van der Waals surface area (Å²) in [5.41, 5.74) is 1.65. The zero-order valence-electron chi connectivity index (χ0n) is 15.8. The van der Waals surface area contributed by atoms with Crippen LogP contribution in [0.2, 0.25) is 0 Å². The average Bonchev–Trinajstić information content (AvgIpc) is 3.22. The van der Waals surface area contributed by atoms with E-state index in [0.29, 0.717) is 10.6 Å². The van der Waals surface area contributed by atoms with Gasteiger partial charge in [0.25, 0.3) is 5.91 Å². The van der Waals surface area contributed by atoms with E-state index in [1.54, 1.807) is 50.9 Å². The van der Waals surface area contributed by atoms with Gasteiger partial charge in [-0.05, 0) is 24.3 Å². The van der Waals surface area contributed by atoms with Crippen molar-refractivity contribution in [2.45, 2.75) is 6.10 Å². The molecule has 1 atom stereocenters. The van der Waals surface area contributed by atoms with Crippen molar-refractivity contribution in [3.05, 3.63) is 71.2 Å². The first kappa shape index (κ1) is 19.6. The zero-order chi connectivity index (χ0) is 20.1. The lowest BCUT2D eigenvalue weighted by molar-refractivity contribution is -0.138. The van der Waals surface area contributed by atoms with Crippen LogP contribution in [-0.2, 0) is 9.53 Å². The molecule has 0 aliphatic heterocycles. The average molecular weight is 396 g/mol. The Bertz CT molecular complexity index is 952. The van der Waals surface area contributed by atoms with Gasteiger partial charge in [-0.2, -0.15) is 0 Å². The Hall–Kier alpha value is -3.19. The molecule has 0 aliphatic carbocycles. The lowest BCUT2D eigenvalue weighted by Gasteiger charge is -2.20. The number of carbonyl (C=O) groups is 2. The Kier molecular flexibility index (Phi) is 6.06. The number of aromatic nitrogens is 1. The number of amides is 1. The first-order valence-electron chi connectivity index (χ1n) is 8.56. The van der Waals surface area contributed by atoms with E-state index >= 15 is 0 Å². The molecule has 2 aromatic carbocycles. The van der Waals surface area contributed by atoms with E-state index < -0.39 is 12.1 Å². The summed E-state index contributed by atoms with van der Waals surface area (Å²) < 4.78 is 10.7. The Balaban J connectivity index is 1.80. The maximum absolute atomic E-state index is 12.6. The van der Waals surface area contributed by atoms with Crippen molar-refractivity contribution in [2.75, 3.05) is 21.2 Å². The minimum absolute atomic E-state index is 0.170. The molecule has 1 aromatic heterocycles. The molecule has 7 heteroatoms. The summed E-state index contributed by atoms with van der Waals surface area (Å²) >= 11 is 1.33. The van der Waals surface area contributed by atoms with Gasteiger partial charge in [-0.25, -0.2) is 9.78 Å². The Morgan fingerprint density at radius 3 is 2.32 bits per heavy atom. The molecule has 28 heavy (non-hydrogen) atoms. The molecular weight excluding hydrogens is 376 g/mol. The van der Waals surface area contributed by atoms with Crippen molar-refractivity contribution < 1.29 is 19.1 Å². The van der Waals surface area contributed by atoms with Crippen molar-refractivity contribution in [2.24, 2.45) is 0 Å². The highest BCUT2D eigenvalue weighted by atomic mass is 32.1. The molecule has 144 valence electrons. The van der Waals surface area contributed by atoms with E-state index in [-0.39, 0.29) is 11.6 Å². The van der Waals surface area contributed by atoms with E-state index in [9.17, 15) is 9.59 Å². The fraction of sp³-hybridized carbons (Fsp3) is 0.190. The van der Waals surface area contributed by atoms with Gasteiger partial charge < -0.3 is 14.4 Å². The van der Waals surface area contributed by atoms with Crippen molar-refractivity contribution in [1.82, 2.24) is 9.88 Å². The van der Waals surface area contributed by atoms with E-state index in [0.717, 1.165) is 11.3 Å². The highest BCUT2D eigenvalue weighted by molar-refractivity contribution is 7.13. The van der Waals surface area contributed by atoms with Gasteiger partial charge in [0, 0.05) is 30.6 Å². The molecule has 0 N–H and O–H groups in total. The number of ether oxygens (including phenoxy) is 2. The maximum atomic E-state index is 12.6. The van der Waals surface area contributed by atoms with Crippen LogP contribution in [0, 0.1) is 0 Å². The summed E-state index contributed by atoms with van der Waals surface area (Å²) in [7, 11) is 4.85. The van der Waals surface area contributed by atoms with Crippen LogP contribution in [0.5, 0.6) is 5.75 Å². The number of carbonyl (C=O) groups excluding carboxylic acids is 2. The fourth-order valence-corrected chi connectivity index (χ4v) is 3.32. The monoisotopic (exact) mass is 396 g/mol. The highest BCUT2D eigenvalue weighted by Gasteiger charge is 2.28. The predicted octanol–water partition coefficient (Wildman–Crippen LogP) is 3.81. The maximum Gasteiger partial charge on any atom is 0.358 e. The van der Waals surface area contributed by atoms with Gasteiger partial charge >= 0.3 is 5.97 Å². The molecule has 0 saturated heterocycles. The van der Waals surface area contributed by atoms with Crippen LogP contribution < -0.4 is 4.74 Å². The summed E-state index contributed by atoms with van der Waals surface area (Å²) in [5.74, 6) is -0.210. The van der Waals surface area contributed by atoms with Crippen molar-refractivity contribution >= 4 is 23.2 Å². The number of hydrogen-bond donors (Lipinski definition) is 0. The number of hydrogen-bond acceptors (Lipinski definition) is 6. The number of thiazole rings is 1. The third-order valence-corrected chi connectivity index (χ3v) is 4.93. The molecule has 1 heterocycles. The molecule has 0 radical (unpaired) electrons. The molecule has 0 bridgehead atoms. The normalized spacial score (nSPS) is 11.5. The molecule has 0 aliphatic rings. The summed E-state index contributed by atoms with van der Waals surface area (Å²) in [5, 5.41) is 2.31. The lowest BCUT2D eigenvalue weighted by atomic mass is 10.1. The number of methoxy groups -OCH3 is 1. The minimum atomic E-state index is -1.02. The molecule has 0 fully saturated rings. The van der Waals surface area contributed by atoms with Gasteiger partial charge in [0.15, 0.2) is 5.69 Å². The SMILES string of the molecule is COc1ccc(-c2nc(C(=O)O[C@@H](C(=O)N(C)C)c3ccccc3)cs2)cc1. The molecule has 0 unspecified atom stereocenters. The Morgan fingerprint density at radius 1 is 1.04 bits per heavy atom. The fourth-order valence-electron chi connectivity index (χ4n) is 2.52. The topological polar surface area (TPSA) is 68.7 Å². The van der Waals surface area contributed by atoms with Gasteiger partial charge in [-0.15, -0.1) is 11.3 Å². The van der Waals surface area contributed by atoms with Crippen LogP contribution in [0.25, 0.3) is 10.6 Å². The molecule has 3 rings (SSSR count). The summed E-state index contributed by atoms with van der Waals surface area (Å²) in [6.07, 6.45) is -1.02. The largest absolute Gasteiger partial charge is 0.497 e. The van der Waals surface area contributed by atoms with Gasteiger partial charge in [-0.3, -0.25) is 4.79 Å². The van der Waals surface area contributed by atoms with Crippen LogP contribution in [0.4, 0.5) is 0 Å². The van der Waals surface area contributed by atoms with Gasteiger partial charge in [-0.1, -0.05) is 30.3 Å². The van der Waals surface area contributed by atoms with E-state index in [2.05, 4.69) is 4.98 Å². The Labute approximate surface area is 167 Å². The van der Waals surface area contributed by atoms with Gasteiger partial charge in [0.2, 0.25) is 6.10 Å². The molecular formula is C21H20N2O4S. The van der Waals surface area contributed by atoms with Gasteiger partial charge in [0.05, 0.1) is 7.11 Å². The molecule has 6 nitrogen and oxygen atoms in total. The summed E-state index contributed by atoms with van der Waals surface area (Å²) in [6.45, 7) is 0. The second-order valence-electron chi connectivity index (χ2n) is 6.20. The van der Waals surface area contributed by atoms with E-state index in [1.165, 1.54) is 16.2 Å². The standard InChI is InChI=1S/C21H20N2O4S/c1-23(2)20(24)18(14-7-5-4-6-8-14)27-21(25)17-13-28-19(22-17)15-9-11-16(26-3)12-10-15/h4-13,18H,1-3H3/t18-/m1/s1. The van der Waals surface area contributed by atoms with Crippen LogP contribution in [0.3, 0.4) is 0 Å². The number of benzene rings is 2. The second kappa shape index (κ2) is 8.67. The minimum Gasteiger partial charge on any atom is -0.497 e. The Morgan fingerprint density at radius 2 is 1.71 bits per heavy atom. The predicted molar refractivity (Wildman–Crippen MR) is 107 cm³/mol. The number of nitrogens with zero attached hydrogens (tertiary/aromatic N) is 2. The van der Waals surface area contributed by atoms with Gasteiger partial charge in [0.1, 0.15) is 10.8 Å². The van der Waals surface area contributed by atoms with E-state index in [4.69, 9.17) is 9.47 Å². The lowest BCUT2D eigenvalue weighted by Crippen LogP contribution is -2.31. The van der Waals surface area contributed by atoms with Crippen molar-refractivity contribution in [3.63, 3.8) is 0 Å². The molecule has 0 spiro atoms. The van der Waals surface area contributed by atoms with Crippen LogP contribution in [0.15, 0.2) is 60.0 Å². The molecule has 3 aromatic rings. The van der Waals surface area contributed by atoms with Crippen molar-refractivity contribution in [3.8, 4) is 16.3 Å². The van der Waals surface area contributed by atoms with Crippen LogP contribution in [-0.4, -0.2) is 43.0 Å². The number of esters is 1. The number of rotatable bonds is 6. The molecule has 0 saturated carbocycles. The third-order valence-electron chi connectivity index (χ3n) is 4.04. The third kappa shape index (κ3) is 4.37. The van der Waals surface area contributed by atoms with Crippen molar-refractivity contribution in [1.29, 1.82) is 0 Å². The quantitative estimate of drug-likeness (QED) is 0.593. The summed E-state index contributed by atoms with van der Waals surface area (Å²) in [6, 6.07) is 16.3. The smallest absolute Gasteiger partial charge is 0.358 e. The highest BCUT2D eigenvalue weighted by Crippen LogP contribution is 2.27. The summed E-state index contributed by atoms with van der Waals surface area (Å²) in [4.78, 5) is 30.9.